The molecule has 11 heteroatoms. The Morgan fingerprint density at radius 2 is 1.67 bits per heavy atom. The number of sulfonamides is 1. The zero-order valence-electron chi connectivity index (χ0n) is 26.1. The first-order valence-corrected chi connectivity index (χ1v) is 15.8. The predicted octanol–water partition coefficient (Wildman–Crippen LogP) is 4.66. The molecule has 0 radical (unpaired) electrons. The first kappa shape index (κ1) is 33.6. The van der Waals surface area contributed by atoms with E-state index in [1.807, 2.05) is 58.9 Å². The highest BCUT2D eigenvalue weighted by atomic mass is 32.2. The molecule has 0 saturated carbocycles. The van der Waals surface area contributed by atoms with E-state index in [2.05, 4.69) is 0 Å². The summed E-state index contributed by atoms with van der Waals surface area (Å²) in [5.74, 6) is 1.31. The lowest BCUT2D eigenvalue weighted by molar-refractivity contribution is -0.0806. The number of nitrogens with zero attached hydrogens (tertiary/aromatic N) is 2. The molecule has 1 amide bonds. The molecular weight excluding hydrogens is 558 g/mol. The highest BCUT2D eigenvalue weighted by Crippen LogP contribution is 2.37. The van der Waals surface area contributed by atoms with Crippen LogP contribution in [-0.2, 0) is 25.9 Å². The van der Waals surface area contributed by atoms with Crippen LogP contribution in [0.2, 0.25) is 0 Å². The predicted molar refractivity (Wildman–Crippen MR) is 162 cm³/mol. The average Bonchev–Trinajstić information content (AvgIpc) is 3.15. The zero-order chi connectivity index (χ0) is 31.3. The van der Waals surface area contributed by atoms with Crippen molar-refractivity contribution in [1.82, 2.24) is 9.21 Å². The number of nitrogens with two attached hydrogens (primary N) is 1. The Morgan fingerprint density at radius 1 is 1.07 bits per heavy atom. The second-order valence-corrected chi connectivity index (χ2v) is 14.3. The van der Waals surface area contributed by atoms with Gasteiger partial charge in [0, 0.05) is 19.6 Å². The lowest BCUT2D eigenvalue weighted by Crippen LogP contribution is -2.52. The summed E-state index contributed by atoms with van der Waals surface area (Å²) in [6, 6.07) is 13.4. The zero-order valence-corrected chi connectivity index (χ0v) is 26.9. The normalized spacial score (nSPS) is 18.9. The van der Waals surface area contributed by atoms with E-state index in [1.165, 1.54) is 11.4 Å². The van der Waals surface area contributed by atoms with Gasteiger partial charge in [0.1, 0.15) is 29.4 Å². The first-order valence-electron chi connectivity index (χ1n) is 14.3. The maximum Gasteiger partial charge on any atom is 0.412 e. The summed E-state index contributed by atoms with van der Waals surface area (Å²) in [6.07, 6.45) is -0.730. The molecule has 2 aromatic carbocycles. The largest absolute Gasteiger partial charge is 0.497 e. The SMILES string of the molecule is COc1ccc(S(=O)(=O)N(CC(C)C)C[C@H]2OC(C)(C)N(C(=O)OC(C)(C)C)[C@H]2Cc2ccc(OCCN)cc2)cc1. The van der Waals surface area contributed by atoms with Gasteiger partial charge < -0.3 is 24.7 Å². The van der Waals surface area contributed by atoms with Crippen LogP contribution in [0.3, 0.4) is 0 Å². The third-order valence-corrected chi connectivity index (χ3v) is 8.62. The van der Waals surface area contributed by atoms with Crippen LogP contribution in [-0.4, -0.2) is 80.5 Å². The Labute approximate surface area is 251 Å². The highest BCUT2D eigenvalue weighted by Gasteiger charge is 2.52. The number of amides is 1. The van der Waals surface area contributed by atoms with Gasteiger partial charge in [0.15, 0.2) is 0 Å². The second kappa shape index (κ2) is 13.6. The number of carbonyl (C=O) groups excluding carboxylic acids is 1. The van der Waals surface area contributed by atoms with E-state index in [0.717, 1.165) is 5.56 Å². The Kier molecular flexibility index (Phi) is 10.9. The lowest BCUT2D eigenvalue weighted by Gasteiger charge is -2.35. The van der Waals surface area contributed by atoms with E-state index in [1.54, 1.807) is 43.0 Å². The molecule has 42 heavy (non-hydrogen) atoms. The van der Waals surface area contributed by atoms with Crippen LogP contribution in [0.1, 0.15) is 54.0 Å². The third kappa shape index (κ3) is 8.59. The Morgan fingerprint density at radius 3 is 2.19 bits per heavy atom. The van der Waals surface area contributed by atoms with Crippen molar-refractivity contribution in [2.45, 2.75) is 83.3 Å². The number of benzene rings is 2. The molecule has 2 aromatic rings. The van der Waals surface area contributed by atoms with Gasteiger partial charge in [-0.25, -0.2) is 13.2 Å². The maximum atomic E-state index is 13.9. The number of hydrogen-bond donors (Lipinski definition) is 1. The second-order valence-electron chi connectivity index (χ2n) is 12.4. The molecule has 0 aromatic heterocycles. The Balaban J connectivity index is 1.99. The van der Waals surface area contributed by atoms with E-state index >= 15 is 0 Å². The van der Waals surface area contributed by atoms with Crippen molar-refractivity contribution in [2.75, 3.05) is 33.4 Å². The minimum atomic E-state index is -3.89. The van der Waals surface area contributed by atoms with Crippen molar-refractivity contribution in [3.8, 4) is 11.5 Å². The molecule has 234 valence electrons. The number of rotatable bonds is 12. The summed E-state index contributed by atoms with van der Waals surface area (Å²) < 4.78 is 52.4. The summed E-state index contributed by atoms with van der Waals surface area (Å²) in [4.78, 5) is 15.4. The molecule has 1 heterocycles. The van der Waals surface area contributed by atoms with Gasteiger partial charge in [-0.15, -0.1) is 0 Å². The molecular formula is C31H47N3O7S. The molecule has 0 spiro atoms. The van der Waals surface area contributed by atoms with Crippen molar-refractivity contribution in [2.24, 2.45) is 11.7 Å². The molecule has 2 N–H and O–H groups in total. The fourth-order valence-corrected chi connectivity index (χ4v) is 6.65. The minimum Gasteiger partial charge on any atom is -0.497 e. The van der Waals surface area contributed by atoms with E-state index in [4.69, 9.17) is 24.7 Å². The molecule has 1 aliphatic heterocycles. The maximum absolute atomic E-state index is 13.9. The van der Waals surface area contributed by atoms with Gasteiger partial charge in [0.05, 0.1) is 24.2 Å². The molecule has 2 atom stereocenters. The quantitative estimate of drug-likeness (QED) is 0.371. The number of methoxy groups -OCH3 is 1. The summed E-state index contributed by atoms with van der Waals surface area (Å²) in [5, 5.41) is 0. The fraction of sp³-hybridized carbons (Fsp3) is 0.581. The number of hydrogen-bond acceptors (Lipinski definition) is 8. The summed E-state index contributed by atoms with van der Waals surface area (Å²) in [7, 11) is -2.35. The van der Waals surface area contributed by atoms with Gasteiger partial charge in [-0.05, 0) is 88.9 Å². The van der Waals surface area contributed by atoms with Gasteiger partial charge >= 0.3 is 6.09 Å². The first-order chi connectivity index (χ1) is 19.6. The van der Waals surface area contributed by atoms with Crippen LogP contribution in [0.4, 0.5) is 4.79 Å². The molecule has 3 rings (SSSR count). The van der Waals surface area contributed by atoms with Gasteiger partial charge in [-0.2, -0.15) is 4.31 Å². The molecule has 1 aliphatic rings. The lowest BCUT2D eigenvalue weighted by atomic mass is 9.99. The topological polar surface area (TPSA) is 121 Å². The average molecular weight is 606 g/mol. The van der Waals surface area contributed by atoms with E-state index in [9.17, 15) is 13.2 Å². The Hall–Kier alpha value is -2.86. The van der Waals surface area contributed by atoms with Crippen LogP contribution in [0.5, 0.6) is 11.5 Å². The van der Waals surface area contributed by atoms with Crippen molar-refractivity contribution in [3.05, 3.63) is 54.1 Å². The van der Waals surface area contributed by atoms with E-state index in [0.29, 0.717) is 31.1 Å². The van der Waals surface area contributed by atoms with Crippen LogP contribution in [0.15, 0.2) is 53.4 Å². The van der Waals surface area contributed by atoms with E-state index < -0.39 is 39.6 Å². The molecule has 1 fully saturated rings. The van der Waals surface area contributed by atoms with Crippen molar-refractivity contribution >= 4 is 16.1 Å². The summed E-state index contributed by atoms with van der Waals surface area (Å²) in [5.41, 5.74) is 4.72. The van der Waals surface area contributed by atoms with Gasteiger partial charge in [-0.1, -0.05) is 26.0 Å². The number of carbonyl (C=O) groups is 1. The molecule has 0 bridgehead atoms. The van der Waals surface area contributed by atoms with Crippen LogP contribution >= 0.6 is 0 Å². The molecule has 0 unspecified atom stereocenters. The van der Waals surface area contributed by atoms with Crippen molar-refractivity contribution in [3.63, 3.8) is 0 Å². The van der Waals surface area contributed by atoms with Crippen molar-refractivity contribution in [1.29, 1.82) is 0 Å². The standard InChI is InChI=1S/C31H47N3O7S/c1-22(2)20-33(42(36,37)26-15-13-24(38-8)14-16-26)21-28-27(19-23-9-11-25(12-10-23)39-18-17-32)34(31(6,7)40-28)29(35)41-30(3,4)5/h9-16,22,27-28H,17-21,32H2,1-8H3/t27-,28+/m0/s1. The van der Waals surface area contributed by atoms with Crippen LogP contribution in [0, 0.1) is 5.92 Å². The van der Waals surface area contributed by atoms with Gasteiger partial charge in [-0.3, -0.25) is 4.90 Å². The van der Waals surface area contributed by atoms with Gasteiger partial charge in [0.25, 0.3) is 0 Å². The van der Waals surface area contributed by atoms with Crippen LogP contribution < -0.4 is 15.2 Å². The summed E-state index contributed by atoms with van der Waals surface area (Å²) in [6.45, 7) is 14.1. The van der Waals surface area contributed by atoms with Gasteiger partial charge in [0.2, 0.25) is 10.0 Å². The monoisotopic (exact) mass is 605 g/mol. The van der Waals surface area contributed by atoms with E-state index in [-0.39, 0.29) is 23.9 Å². The highest BCUT2D eigenvalue weighted by molar-refractivity contribution is 7.89. The summed E-state index contributed by atoms with van der Waals surface area (Å²) >= 11 is 0. The molecule has 1 saturated heterocycles. The van der Waals surface area contributed by atoms with Crippen molar-refractivity contribution < 1.29 is 32.2 Å². The molecule has 0 aliphatic carbocycles. The molecule has 10 nitrogen and oxygen atoms in total. The Bertz CT molecular complexity index is 1270. The smallest absolute Gasteiger partial charge is 0.412 e. The third-order valence-electron chi connectivity index (χ3n) is 6.78. The number of ether oxygens (including phenoxy) is 4. The minimum absolute atomic E-state index is 0.0499. The fourth-order valence-electron chi connectivity index (χ4n) is 5.03. The van der Waals surface area contributed by atoms with Crippen LogP contribution in [0.25, 0.3) is 0 Å².